The van der Waals surface area contributed by atoms with Crippen LogP contribution in [-0.2, 0) is 12.8 Å². The normalized spacial score (nSPS) is 15.6. The van der Waals surface area contributed by atoms with Crippen LogP contribution in [0.5, 0.6) is 0 Å². The monoisotopic (exact) mass is 287 g/mol. The van der Waals surface area contributed by atoms with Gasteiger partial charge in [0.15, 0.2) is 0 Å². The van der Waals surface area contributed by atoms with Crippen molar-refractivity contribution < 1.29 is 8.78 Å². The lowest BCUT2D eigenvalue weighted by Crippen LogP contribution is -2.19. The second-order valence-electron chi connectivity index (χ2n) is 5.62. The zero-order valence-corrected chi connectivity index (χ0v) is 12.1. The first-order valence-electron chi connectivity index (χ1n) is 7.43. The summed E-state index contributed by atoms with van der Waals surface area (Å²) < 4.78 is 27.1. The molecule has 1 N–H and O–H groups in total. The number of rotatable bonds is 3. The molecule has 0 spiro atoms. The van der Waals surface area contributed by atoms with Crippen LogP contribution < -0.4 is 5.32 Å². The summed E-state index contributed by atoms with van der Waals surface area (Å²) in [6.45, 7) is 0. The van der Waals surface area contributed by atoms with E-state index in [0.717, 1.165) is 24.5 Å². The van der Waals surface area contributed by atoms with Crippen molar-refractivity contribution in [2.24, 2.45) is 0 Å². The molecule has 0 amide bonds. The summed E-state index contributed by atoms with van der Waals surface area (Å²) in [7, 11) is 1.80. The number of nitrogens with one attached hydrogen (secondary N) is 1. The van der Waals surface area contributed by atoms with Crippen molar-refractivity contribution in [3.05, 3.63) is 70.3 Å². The van der Waals surface area contributed by atoms with Gasteiger partial charge in [-0.15, -0.1) is 0 Å². The first-order chi connectivity index (χ1) is 10.2. The maximum Gasteiger partial charge on any atom is 0.131 e. The van der Waals surface area contributed by atoms with Gasteiger partial charge in [0.25, 0.3) is 0 Å². The van der Waals surface area contributed by atoms with E-state index in [9.17, 15) is 8.78 Å². The van der Waals surface area contributed by atoms with Gasteiger partial charge >= 0.3 is 0 Å². The molecular weight excluding hydrogens is 268 g/mol. The fourth-order valence-corrected chi connectivity index (χ4v) is 3.17. The lowest BCUT2D eigenvalue weighted by Gasteiger charge is -2.22. The minimum absolute atomic E-state index is 0.252. The Morgan fingerprint density at radius 2 is 1.71 bits per heavy atom. The maximum absolute atomic E-state index is 14.0. The van der Waals surface area contributed by atoms with Crippen LogP contribution in [0.15, 0.2) is 36.4 Å². The Kier molecular flexibility index (Phi) is 4.02. The summed E-state index contributed by atoms with van der Waals surface area (Å²) >= 11 is 0. The minimum atomic E-state index is -0.545. The Bertz CT molecular complexity index is 652. The van der Waals surface area contributed by atoms with Gasteiger partial charge in [0, 0.05) is 11.6 Å². The van der Waals surface area contributed by atoms with Gasteiger partial charge in [-0.1, -0.05) is 24.3 Å². The van der Waals surface area contributed by atoms with Gasteiger partial charge in [0.1, 0.15) is 11.6 Å². The van der Waals surface area contributed by atoms with Gasteiger partial charge in [-0.3, -0.25) is 0 Å². The Balaban J connectivity index is 1.99. The van der Waals surface area contributed by atoms with E-state index in [1.807, 2.05) is 6.07 Å². The standard InChI is InChI=1S/C18H19F2N/c1-21-18(16-9-8-15(19)11-17(16)20)14-7-6-12-4-2-3-5-13(12)10-14/h6-11,18,21H,2-5H2,1H3. The van der Waals surface area contributed by atoms with Gasteiger partial charge < -0.3 is 5.32 Å². The zero-order valence-electron chi connectivity index (χ0n) is 12.1. The van der Waals surface area contributed by atoms with Crippen molar-refractivity contribution in [2.45, 2.75) is 31.7 Å². The van der Waals surface area contributed by atoms with Gasteiger partial charge in [-0.2, -0.15) is 0 Å². The highest BCUT2D eigenvalue weighted by atomic mass is 19.1. The van der Waals surface area contributed by atoms with Crippen molar-refractivity contribution in [3.63, 3.8) is 0 Å². The molecule has 1 unspecified atom stereocenters. The molecule has 3 heteroatoms. The minimum Gasteiger partial charge on any atom is -0.309 e. The highest BCUT2D eigenvalue weighted by molar-refractivity contribution is 5.39. The first kappa shape index (κ1) is 14.2. The largest absolute Gasteiger partial charge is 0.309 e. The third kappa shape index (κ3) is 2.84. The molecule has 2 aromatic rings. The van der Waals surface area contributed by atoms with E-state index in [4.69, 9.17) is 0 Å². The SMILES string of the molecule is CNC(c1ccc2c(c1)CCCC2)c1ccc(F)cc1F. The van der Waals surface area contributed by atoms with E-state index in [0.29, 0.717) is 5.56 Å². The van der Waals surface area contributed by atoms with Crippen LogP contribution in [-0.4, -0.2) is 7.05 Å². The highest BCUT2D eigenvalue weighted by Gasteiger charge is 2.18. The summed E-state index contributed by atoms with van der Waals surface area (Å²) in [6, 6.07) is 9.88. The molecule has 0 aromatic heterocycles. The maximum atomic E-state index is 14.0. The first-order valence-corrected chi connectivity index (χ1v) is 7.43. The Hall–Kier alpha value is -1.74. The molecular formula is C18H19F2N. The van der Waals surface area contributed by atoms with Crippen LogP contribution in [0.1, 0.15) is 41.1 Å². The van der Waals surface area contributed by atoms with Crippen LogP contribution in [0.2, 0.25) is 0 Å². The number of aryl methyl sites for hydroxylation is 2. The van der Waals surface area contributed by atoms with E-state index < -0.39 is 11.6 Å². The molecule has 21 heavy (non-hydrogen) atoms. The third-order valence-corrected chi connectivity index (χ3v) is 4.27. The summed E-state index contributed by atoms with van der Waals surface area (Å²) in [5.41, 5.74) is 4.28. The molecule has 2 aromatic carbocycles. The molecule has 0 saturated heterocycles. The average molecular weight is 287 g/mol. The van der Waals surface area contributed by atoms with E-state index in [-0.39, 0.29) is 6.04 Å². The molecule has 1 aliphatic rings. The molecule has 0 bridgehead atoms. The lowest BCUT2D eigenvalue weighted by molar-refractivity contribution is 0.551. The molecule has 1 atom stereocenters. The predicted octanol–water partition coefficient (Wildman–Crippen LogP) is 4.15. The van der Waals surface area contributed by atoms with Crippen LogP contribution in [0.25, 0.3) is 0 Å². The molecule has 0 aliphatic heterocycles. The topological polar surface area (TPSA) is 12.0 Å². The van der Waals surface area contributed by atoms with Crippen molar-refractivity contribution in [2.75, 3.05) is 7.05 Å². The molecule has 0 saturated carbocycles. The fraction of sp³-hybridized carbons (Fsp3) is 0.333. The van der Waals surface area contributed by atoms with E-state index in [1.54, 1.807) is 7.05 Å². The zero-order chi connectivity index (χ0) is 14.8. The number of hydrogen-bond donors (Lipinski definition) is 1. The second-order valence-corrected chi connectivity index (χ2v) is 5.62. The van der Waals surface area contributed by atoms with Gasteiger partial charge in [0.05, 0.1) is 6.04 Å². The Labute approximate surface area is 124 Å². The summed E-state index contributed by atoms with van der Waals surface area (Å²) in [6.07, 6.45) is 4.68. The molecule has 1 nitrogen and oxygen atoms in total. The molecule has 1 aliphatic carbocycles. The third-order valence-electron chi connectivity index (χ3n) is 4.27. The Morgan fingerprint density at radius 3 is 2.43 bits per heavy atom. The van der Waals surface area contributed by atoms with Crippen LogP contribution in [0.3, 0.4) is 0 Å². The van der Waals surface area contributed by atoms with Crippen LogP contribution in [0, 0.1) is 11.6 Å². The molecule has 0 heterocycles. The molecule has 110 valence electrons. The van der Waals surface area contributed by atoms with E-state index in [2.05, 4.69) is 17.4 Å². The van der Waals surface area contributed by atoms with Crippen LogP contribution in [0.4, 0.5) is 8.78 Å². The molecule has 0 radical (unpaired) electrons. The van der Waals surface area contributed by atoms with Gasteiger partial charge in [0.2, 0.25) is 0 Å². The predicted molar refractivity (Wildman–Crippen MR) is 80.3 cm³/mol. The lowest BCUT2D eigenvalue weighted by atomic mass is 9.88. The fourth-order valence-electron chi connectivity index (χ4n) is 3.17. The van der Waals surface area contributed by atoms with E-state index in [1.165, 1.54) is 36.1 Å². The quantitative estimate of drug-likeness (QED) is 0.894. The summed E-state index contributed by atoms with van der Waals surface area (Å²) in [5, 5.41) is 3.14. The Morgan fingerprint density at radius 1 is 0.952 bits per heavy atom. The van der Waals surface area contributed by atoms with Crippen molar-refractivity contribution >= 4 is 0 Å². The van der Waals surface area contributed by atoms with Crippen molar-refractivity contribution in [1.29, 1.82) is 0 Å². The number of fused-ring (bicyclic) bond motifs is 1. The smallest absolute Gasteiger partial charge is 0.131 e. The molecule has 3 rings (SSSR count). The highest BCUT2D eigenvalue weighted by Crippen LogP contribution is 2.29. The average Bonchev–Trinajstić information content (AvgIpc) is 2.50. The summed E-state index contributed by atoms with van der Waals surface area (Å²) in [5.74, 6) is -1.05. The summed E-state index contributed by atoms with van der Waals surface area (Å²) in [4.78, 5) is 0. The van der Waals surface area contributed by atoms with Crippen molar-refractivity contribution in [1.82, 2.24) is 5.32 Å². The number of halogens is 2. The van der Waals surface area contributed by atoms with Crippen LogP contribution >= 0.6 is 0 Å². The van der Waals surface area contributed by atoms with Crippen molar-refractivity contribution in [3.8, 4) is 0 Å². The number of hydrogen-bond acceptors (Lipinski definition) is 1. The molecule has 0 fully saturated rings. The second kappa shape index (κ2) is 5.94. The van der Waals surface area contributed by atoms with Gasteiger partial charge in [-0.25, -0.2) is 8.78 Å². The van der Waals surface area contributed by atoms with E-state index >= 15 is 0 Å². The number of benzene rings is 2. The van der Waals surface area contributed by atoms with Gasteiger partial charge in [-0.05, 0) is 55.5 Å².